The third-order valence-corrected chi connectivity index (χ3v) is 5.09. The number of rotatable bonds is 3. The number of hydrogen-bond acceptors (Lipinski definition) is 3. The molecule has 88 valence electrons. The van der Waals surface area contributed by atoms with Crippen LogP contribution in [0.1, 0.15) is 40.4 Å². The Hall–Kier alpha value is -0.480. The van der Waals surface area contributed by atoms with Crippen molar-refractivity contribution in [1.82, 2.24) is 5.32 Å². The topological polar surface area (TPSA) is 29.1 Å². The van der Waals surface area contributed by atoms with Gasteiger partial charge in [-0.3, -0.25) is 4.79 Å². The zero-order valence-electron chi connectivity index (χ0n) is 9.71. The highest BCUT2D eigenvalue weighted by Crippen LogP contribution is 2.31. The molecule has 2 rings (SSSR count). The minimum atomic E-state index is 0.0961. The second kappa shape index (κ2) is 5.23. The molecule has 1 aliphatic heterocycles. The van der Waals surface area contributed by atoms with Crippen molar-refractivity contribution in [3.05, 3.63) is 21.4 Å². The van der Waals surface area contributed by atoms with Gasteiger partial charge in [-0.2, -0.15) is 11.8 Å². The van der Waals surface area contributed by atoms with Crippen molar-refractivity contribution in [2.24, 2.45) is 0 Å². The summed E-state index contributed by atoms with van der Waals surface area (Å²) in [4.78, 5) is 14.2. The minimum Gasteiger partial charge on any atom is -0.349 e. The monoisotopic (exact) mass is 255 g/mol. The predicted molar refractivity (Wildman–Crippen MR) is 71.4 cm³/mol. The Bertz CT molecular complexity index is 363. The lowest BCUT2D eigenvalue weighted by atomic mass is 10.2. The average molecular weight is 255 g/mol. The molecule has 0 fully saturated rings. The first-order chi connectivity index (χ1) is 7.70. The van der Waals surface area contributed by atoms with E-state index >= 15 is 0 Å². The normalized spacial score (nSPS) is 16.6. The van der Waals surface area contributed by atoms with Crippen LogP contribution in [0.3, 0.4) is 0 Å². The molecule has 1 aromatic rings. The molecule has 0 saturated carbocycles. The van der Waals surface area contributed by atoms with Gasteiger partial charge >= 0.3 is 0 Å². The molecule has 1 N–H and O–H groups in total. The summed E-state index contributed by atoms with van der Waals surface area (Å²) in [5.41, 5.74) is 1.37. The molecule has 0 radical (unpaired) electrons. The number of fused-ring (bicyclic) bond motifs is 1. The van der Waals surface area contributed by atoms with Gasteiger partial charge in [0.15, 0.2) is 0 Å². The van der Waals surface area contributed by atoms with Crippen molar-refractivity contribution < 1.29 is 4.79 Å². The van der Waals surface area contributed by atoms with E-state index in [2.05, 4.69) is 18.3 Å². The van der Waals surface area contributed by atoms with E-state index in [1.165, 1.54) is 16.2 Å². The SMILES string of the molecule is CCC(C)NC(=O)c1cc2c(s1)CCSC2. The van der Waals surface area contributed by atoms with Gasteiger partial charge in [-0.1, -0.05) is 6.92 Å². The molecule has 4 heteroatoms. The lowest BCUT2D eigenvalue weighted by Gasteiger charge is -2.09. The number of thiophene rings is 1. The van der Waals surface area contributed by atoms with Crippen molar-refractivity contribution in [3.63, 3.8) is 0 Å². The second-order valence-corrected chi connectivity index (χ2v) is 6.39. The van der Waals surface area contributed by atoms with Crippen molar-refractivity contribution in [3.8, 4) is 0 Å². The molecule has 16 heavy (non-hydrogen) atoms. The molecular formula is C12H17NOS2. The molecule has 0 spiro atoms. The number of aryl methyl sites for hydroxylation is 1. The van der Waals surface area contributed by atoms with E-state index in [0.29, 0.717) is 0 Å². The number of amides is 1. The van der Waals surface area contributed by atoms with E-state index in [4.69, 9.17) is 0 Å². The van der Waals surface area contributed by atoms with Gasteiger partial charge in [0.25, 0.3) is 5.91 Å². The largest absolute Gasteiger partial charge is 0.349 e. The number of carbonyl (C=O) groups excluding carboxylic acids is 1. The van der Waals surface area contributed by atoms with E-state index in [0.717, 1.165) is 23.5 Å². The van der Waals surface area contributed by atoms with Gasteiger partial charge < -0.3 is 5.32 Å². The van der Waals surface area contributed by atoms with E-state index in [9.17, 15) is 4.79 Å². The van der Waals surface area contributed by atoms with Crippen molar-refractivity contribution in [2.75, 3.05) is 5.75 Å². The molecule has 1 amide bonds. The standard InChI is InChI=1S/C12H17NOS2/c1-3-8(2)13-12(14)11-6-9-7-15-5-4-10(9)16-11/h6,8H,3-5,7H2,1-2H3,(H,13,14). The molecule has 1 aliphatic rings. The maximum Gasteiger partial charge on any atom is 0.261 e. The predicted octanol–water partition coefficient (Wildman–Crippen LogP) is 3.07. The molecule has 0 saturated heterocycles. The summed E-state index contributed by atoms with van der Waals surface area (Å²) in [6.45, 7) is 4.13. The number of carbonyl (C=O) groups is 1. The molecule has 2 heterocycles. The van der Waals surface area contributed by atoms with Gasteiger partial charge in [0.05, 0.1) is 4.88 Å². The van der Waals surface area contributed by atoms with Gasteiger partial charge in [-0.15, -0.1) is 11.3 Å². The fourth-order valence-electron chi connectivity index (χ4n) is 1.66. The fourth-order valence-corrected chi connectivity index (χ4v) is 3.93. The van der Waals surface area contributed by atoms with E-state index in [-0.39, 0.29) is 11.9 Å². The van der Waals surface area contributed by atoms with Crippen LogP contribution in [0.15, 0.2) is 6.07 Å². The molecule has 1 unspecified atom stereocenters. The first kappa shape index (κ1) is 12.0. The van der Waals surface area contributed by atoms with E-state index < -0.39 is 0 Å². The summed E-state index contributed by atoms with van der Waals surface area (Å²) in [5.74, 6) is 2.36. The molecule has 0 aromatic carbocycles. The minimum absolute atomic E-state index is 0.0961. The van der Waals surface area contributed by atoms with Crippen molar-refractivity contribution >= 4 is 29.0 Å². The van der Waals surface area contributed by atoms with Crippen LogP contribution in [0.25, 0.3) is 0 Å². The lowest BCUT2D eigenvalue weighted by molar-refractivity contribution is 0.0943. The fraction of sp³-hybridized carbons (Fsp3) is 0.583. The highest BCUT2D eigenvalue weighted by Gasteiger charge is 2.17. The third kappa shape index (κ3) is 2.61. The summed E-state index contributed by atoms with van der Waals surface area (Å²) in [5, 5.41) is 3.02. The van der Waals surface area contributed by atoms with Gasteiger partial charge in [-0.05, 0) is 37.1 Å². The number of hydrogen-bond donors (Lipinski definition) is 1. The Balaban J connectivity index is 2.09. The Kier molecular flexibility index (Phi) is 3.92. The molecule has 2 nitrogen and oxygen atoms in total. The highest BCUT2D eigenvalue weighted by molar-refractivity contribution is 7.98. The molecule has 1 atom stereocenters. The third-order valence-electron chi connectivity index (χ3n) is 2.84. The maximum atomic E-state index is 11.9. The van der Waals surface area contributed by atoms with Crippen molar-refractivity contribution in [2.45, 2.75) is 38.5 Å². The Morgan fingerprint density at radius 2 is 2.44 bits per heavy atom. The van der Waals surface area contributed by atoms with Gasteiger partial charge in [-0.25, -0.2) is 0 Å². The number of nitrogens with one attached hydrogen (secondary N) is 1. The van der Waals surface area contributed by atoms with Crippen LogP contribution in [0, 0.1) is 0 Å². The summed E-state index contributed by atoms with van der Waals surface area (Å²) >= 11 is 3.63. The van der Waals surface area contributed by atoms with Gasteiger partial charge in [0, 0.05) is 16.7 Å². The van der Waals surface area contributed by atoms with Crippen LogP contribution < -0.4 is 5.32 Å². The average Bonchev–Trinajstić information content (AvgIpc) is 2.72. The number of thioether (sulfide) groups is 1. The first-order valence-corrected chi connectivity index (χ1v) is 7.68. The second-order valence-electron chi connectivity index (χ2n) is 4.14. The molecule has 1 aromatic heterocycles. The van der Waals surface area contributed by atoms with Crippen LogP contribution in [-0.2, 0) is 12.2 Å². The summed E-state index contributed by atoms with van der Waals surface area (Å²) in [6.07, 6.45) is 2.11. The zero-order chi connectivity index (χ0) is 11.5. The Labute approximate surface area is 105 Å². The molecular weight excluding hydrogens is 238 g/mol. The van der Waals surface area contributed by atoms with Crippen molar-refractivity contribution in [1.29, 1.82) is 0 Å². The van der Waals surface area contributed by atoms with Gasteiger partial charge in [0.2, 0.25) is 0 Å². The lowest BCUT2D eigenvalue weighted by Crippen LogP contribution is -2.31. The highest BCUT2D eigenvalue weighted by atomic mass is 32.2. The Morgan fingerprint density at radius 3 is 3.12 bits per heavy atom. The maximum absolute atomic E-state index is 11.9. The quantitative estimate of drug-likeness (QED) is 0.899. The summed E-state index contributed by atoms with van der Waals surface area (Å²) in [7, 11) is 0. The van der Waals surface area contributed by atoms with Crippen LogP contribution in [0.5, 0.6) is 0 Å². The smallest absolute Gasteiger partial charge is 0.261 e. The van der Waals surface area contributed by atoms with Crippen LogP contribution in [0.2, 0.25) is 0 Å². The molecule has 0 aliphatic carbocycles. The van der Waals surface area contributed by atoms with Crippen LogP contribution >= 0.6 is 23.1 Å². The van der Waals surface area contributed by atoms with Crippen LogP contribution in [0.4, 0.5) is 0 Å². The van der Waals surface area contributed by atoms with Crippen LogP contribution in [-0.4, -0.2) is 17.7 Å². The van der Waals surface area contributed by atoms with E-state index in [1.807, 2.05) is 18.7 Å². The van der Waals surface area contributed by atoms with E-state index in [1.54, 1.807) is 11.3 Å². The van der Waals surface area contributed by atoms with Gasteiger partial charge in [0.1, 0.15) is 0 Å². The summed E-state index contributed by atoms with van der Waals surface area (Å²) < 4.78 is 0. The first-order valence-electron chi connectivity index (χ1n) is 5.71. The summed E-state index contributed by atoms with van der Waals surface area (Å²) in [6, 6.07) is 2.34. The Morgan fingerprint density at radius 1 is 1.62 bits per heavy atom. The molecule has 0 bridgehead atoms. The zero-order valence-corrected chi connectivity index (χ0v) is 11.3.